The predicted molar refractivity (Wildman–Crippen MR) is 72.3 cm³/mol. The fourth-order valence-corrected chi connectivity index (χ4v) is 2.74. The molecule has 5 nitrogen and oxygen atoms in total. The molecule has 1 unspecified atom stereocenters. The lowest BCUT2D eigenvalue weighted by Gasteiger charge is -2.39. The van der Waals surface area contributed by atoms with E-state index in [2.05, 4.69) is 29.2 Å². The first-order chi connectivity index (χ1) is 8.48. The van der Waals surface area contributed by atoms with Crippen molar-refractivity contribution in [1.82, 2.24) is 15.1 Å². The van der Waals surface area contributed by atoms with Gasteiger partial charge in [0.15, 0.2) is 0 Å². The third-order valence-corrected chi connectivity index (χ3v) is 4.38. The summed E-state index contributed by atoms with van der Waals surface area (Å²) in [6.45, 7) is 3.92. The topological polar surface area (TPSA) is 61.6 Å². The monoisotopic (exact) mass is 254 g/mol. The Hall–Kier alpha value is -0.650. The molecular weight excluding hydrogens is 228 g/mol. The number of rotatable bonds is 4. The molecule has 104 valence electrons. The fraction of sp³-hybridized carbons (Fsp3) is 0.923. The number of amides is 1. The highest BCUT2D eigenvalue weighted by Gasteiger charge is 2.34. The van der Waals surface area contributed by atoms with Gasteiger partial charge in [-0.15, -0.1) is 0 Å². The first-order valence-corrected chi connectivity index (χ1v) is 6.93. The van der Waals surface area contributed by atoms with Gasteiger partial charge in [0.25, 0.3) is 0 Å². The number of nitrogens with one attached hydrogen (secondary N) is 1. The van der Waals surface area contributed by atoms with Crippen LogP contribution in [0.1, 0.15) is 25.7 Å². The molecule has 0 radical (unpaired) electrons. The summed E-state index contributed by atoms with van der Waals surface area (Å²) in [5.74, 6) is 0.110. The minimum Gasteiger partial charge on any atom is -0.354 e. The number of carbonyl (C=O) groups excluding carboxylic acids is 1. The molecule has 0 bridgehead atoms. The summed E-state index contributed by atoms with van der Waals surface area (Å²) < 4.78 is 0. The van der Waals surface area contributed by atoms with E-state index in [0.717, 1.165) is 39.0 Å². The zero-order valence-corrected chi connectivity index (χ0v) is 11.6. The highest BCUT2D eigenvalue weighted by molar-refractivity contribution is 5.77. The van der Waals surface area contributed by atoms with Crippen LogP contribution < -0.4 is 11.1 Å². The SMILES string of the molecule is CN1CCN(C)C(CNC(=O)CC2(N)CCC2)C1. The Balaban J connectivity index is 1.71. The number of carbonyl (C=O) groups is 1. The first kappa shape index (κ1) is 13.8. The predicted octanol–water partition coefficient (Wildman–Crippen LogP) is -0.380. The van der Waals surface area contributed by atoms with Gasteiger partial charge in [-0.05, 0) is 33.4 Å². The number of hydrogen-bond donors (Lipinski definition) is 2. The van der Waals surface area contributed by atoms with E-state index in [1.54, 1.807) is 0 Å². The van der Waals surface area contributed by atoms with Gasteiger partial charge in [-0.25, -0.2) is 0 Å². The zero-order valence-electron chi connectivity index (χ0n) is 11.6. The van der Waals surface area contributed by atoms with Crippen LogP contribution in [0.25, 0.3) is 0 Å². The van der Waals surface area contributed by atoms with Crippen LogP contribution in [0.3, 0.4) is 0 Å². The van der Waals surface area contributed by atoms with Gasteiger partial charge in [0.2, 0.25) is 5.91 Å². The van der Waals surface area contributed by atoms with Crippen molar-refractivity contribution in [2.75, 3.05) is 40.3 Å². The Morgan fingerprint density at radius 2 is 2.11 bits per heavy atom. The van der Waals surface area contributed by atoms with E-state index in [1.165, 1.54) is 6.42 Å². The average Bonchev–Trinajstić information content (AvgIpc) is 2.28. The summed E-state index contributed by atoms with van der Waals surface area (Å²) in [7, 11) is 4.26. The summed E-state index contributed by atoms with van der Waals surface area (Å²) in [4.78, 5) is 16.5. The summed E-state index contributed by atoms with van der Waals surface area (Å²) >= 11 is 0. The molecule has 1 saturated carbocycles. The van der Waals surface area contributed by atoms with E-state index >= 15 is 0 Å². The quantitative estimate of drug-likeness (QED) is 0.718. The molecule has 1 saturated heterocycles. The molecule has 1 atom stereocenters. The zero-order chi connectivity index (χ0) is 13.2. The highest BCUT2D eigenvalue weighted by Crippen LogP contribution is 2.31. The van der Waals surface area contributed by atoms with Crippen molar-refractivity contribution in [3.63, 3.8) is 0 Å². The summed E-state index contributed by atoms with van der Waals surface area (Å²) in [5, 5.41) is 3.04. The second-order valence-electron chi connectivity index (χ2n) is 6.09. The number of nitrogens with zero attached hydrogens (tertiary/aromatic N) is 2. The Labute approximate surface area is 110 Å². The normalized spacial score (nSPS) is 28.7. The third kappa shape index (κ3) is 3.43. The van der Waals surface area contributed by atoms with Gasteiger partial charge in [0, 0.05) is 44.2 Å². The summed E-state index contributed by atoms with van der Waals surface area (Å²) in [5.41, 5.74) is 5.87. The van der Waals surface area contributed by atoms with Crippen LogP contribution in [0.4, 0.5) is 0 Å². The van der Waals surface area contributed by atoms with E-state index in [-0.39, 0.29) is 11.4 Å². The number of piperazine rings is 1. The van der Waals surface area contributed by atoms with Crippen LogP contribution in [0.5, 0.6) is 0 Å². The maximum Gasteiger partial charge on any atom is 0.221 e. The Morgan fingerprint density at radius 1 is 1.39 bits per heavy atom. The first-order valence-electron chi connectivity index (χ1n) is 6.93. The maximum absolute atomic E-state index is 11.9. The third-order valence-electron chi connectivity index (χ3n) is 4.38. The number of likely N-dealkylation sites (N-methyl/N-ethyl adjacent to an activating group) is 2. The van der Waals surface area contributed by atoms with Crippen molar-refractivity contribution in [2.24, 2.45) is 5.73 Å². The van der Waals surface area contributed by atoms with Gasteiger partial charge < -0.3 is 16.0 Å². The van der Waals surface area contributed by atoms with Crippen LogP contribution in [0.2, 0.25) is 0 Å². The molecule has 1 amide bonds. The van der Waals surface area contributed by atoms with Crippen LogP contribution in [-0.4, -0.2) is 67.6 Å². The molecule has 18 heavy (non-hydrogen) atoms. The van der Waals surface area contributed by atoms with Crippen molar-refractivity contribution < 1.29 is 4.79 Å². The summed E-state index contributed by atoms with van der Waals surface area (Å²) in [6.07, 6.45) is 3.64. The Kier molecular flexibility index (Phi) is 4.25. The van der Waals surface area contributed by atoms with Crippen molar-refractivity contribution in [2.45, 2.75) is 37.3 Å². The van der Waals surface area contributed by atoms with E-state index < -0.39 is 0 Å². The van der Waals surface area contributed by atoms with Crippen molar-refractivity contribution in [3.8, 4) is 0 Å². The number of nitrogens with two attached hydrogens (primary N) is 1. The lowest BCUT2D eigenvalue weighted by atomic mass is 9.75. The van der Waals surface area contributed by atoms with Crippen molar-refractivity contribution in [3.05, 3.63) is 0 Å². The van der Waals surface area contributed by atoms with Gasteiger partial charge in [0.05, 0.1) is 0 Å². The molecule has 2 aliphatic rings. The largest absolute Gasteiger partial charge is 0.354 e. The molecule has 1 aliphatic carbocycles. The molecule has 0 aromatic heterocycles. The summed E-state index contributed by atoms with van der Waals surface area (Å²) in [6, 6.07) is 0.419. The van der Waals surface area contributed by atoms with E-state index in [1.807, 2.05) is 0 Å². The molecule has 0 spiro atoms. The minimum absolute atomic E-state index is 0.110. The van der Waals surface area contributed by atoms with Crippen LogP contribution >= 0.6 is 0 Å². The second kappa shape index (κ2) is 5.55. The smallest absolute Gasteiger partial charge is 0.221 e. The second-order valence-corrected chi connectivity index (χ2v) is 6.09. The van der Waals surface area contributed by atoms with Gasteiger partial charge >= 0.3 is 0 Å². The molecular formula is C13H26N4O. The van der Waals surface area contributed by atoms with Crippen LogP contribution in [-0.2, 0) is 4.79 Å². The van der Waals surface area contributed by atoms with E-state index in [9.17, 15) is 4.79 Å². The minimum atomic E-state index is -0.209. The molecule has 3 N–H and O–H groups in total. The number of hydrogen-bond acceptors (Lipinski definition) is 4. The molecule has 1 heterocycles. The Bertz CT molecular complexity index is 303. The maximum atomic E-state index is 11.9. The average molecular weight is 254 g/mol. The molecule has 0 aromatic carbocycles. The molecule has 5 heteroatoms. The molecule has 2 fully saturated rings. The van der Waals surface area contributed by atoms with Crippen molar-refractivity contribution in [1.29, 1.82) is 0 Å². The van der Waals surface area contributed by atoms with Gasteiger partial charge in [0.1, 0.15) is 0 Å². The van der Waals surface area contributed by atoms with Gasteiger partial charge in [-0.1, -0.05) is 0 Å². The molecule has 1 aliphatic heterocycles. The van der Waals surface area contributed by atoms with Crippen LogP contribution in [0.15, 0.2) is 0 Å². The standard InChI is InChI=1S/C13H26N4O/c1-16-6-7-17(2)11(10-16)9-15-12(18)8-13(14)4-3-5-13/h11H,3-10,14H2,1-2H3,(H,15,18). The van der Waals surface area contributed by atoms with Crippen molar-refractivity contribution >= 4 is 5.91 Å². The van der Waals surface area contributed by atoms with Gasteiger partial charge in [-0.3, -0.25) is 9.69 Å². The van der Waals surface area contributed by atoms with Crippen LogP contribution in [0, 0.1) is 0 Å². The van der Waals surface area contributed by atoms with Gasteiger partial charge in [-0.2, -0.15) is 0 Å². The Morgan fingerprint density at radius 3 is 2.72 bits per heavy atom. The highest BCUT2D eigenvalue weighted by atomic mass is 16.1. The van der Waals surface area contributed by atoms with E-state index in [0.29, 0.717) is 12.5 Å². The fourth-order valence-electron chi connectivity index (χ4n) is 2.74. The lowest BCUT2D eigenvalue weighted by molar-refractivity contribution is -0.123. The molecule has 0 aromatic rings. The molecule has 2 rings (SSSR count). The lowest BCUT2D eigenvalue weighted by Crippen LogP contribution is -2.55. The van der Waals surface area contributed by atoms with E-state index in [4.69, 9.17) is 5.73 Å².